The third-order valence-electron chi connectivity index (χ3n) is 2.31. The number of piperazine rings is 1. The highest BCUT2D eigenvalue weighted by Crippen LogP contribution is 2.07. The van der Waals surface area contributed by atoms with E-state index >= 15 is 0 Å². The maximum atomic E-state index is 11.1. The van der Waals surface area contributed by atoms with E-state index in [0.717, 1.165) is 13.0 Å². The predicted octanol–water partition coefficient (Wildman–Crippen LogP) is 0.249. The smallest absolute Gasteiger partial charge is 0.240 e. The molecular weight excluding hydrogens is 212 g/mol. The molecule has 2 heterocycles. The third kappa shape index (κ3) is 2.87. The average molecular weight is 224 g/mol. The van der Waals surface area contributed by atoms with E-state index in [-0.39, 0.29) is 11.8 Å². The van der Waals surface area contributed by atoms with Gasteiger partial charge in [0.05, 0.1) is 13.1 Å². The molecule has 15 heavy (non-hydrogen) atoms. The molecule has 80 valence electrons. The van der Waals surface area contributed by atoms with Gasteiger partial charge in [-0.3, -0.25) is 19.8 Å². The number of nitrogens with zero attached hydrogens (tertiary/aromatic N) is 1. The summed E-state index contributed by atoms with van der Waals surface area (Å²) in [5.41, 5.74) is 1.26. The summed E-state index contributed by atoms with van der Waals surface area (Å²) in [5.74, 6) is -0.395. The van der Waals surface area contributed by atoms with Crippen LogP contribution in [0.15, 0.2) is 16.8 Å². The summed E-state index contributed by atoms with van der Waals surface area (Å²) in [6.45, 7) is 1.42. The van der Waals surface area contributed by atoms with Crippen LogP contribution in [0.1, 0.15) is 5.56 Å². The first-order chi connectivity index (χ1) is 7.24. The van der Waals surface area contributed by atoms with E-state index in [1.807, 2.05) is 10.3 Å². The normalized spacial score (nSPS) is 17.9. The minimum Gasteiger partial charge on any atom is -0.294 e. The Kier molecular flexibility index (Phi) is 3.13. The molecule has 0 aliphatic carbocycles. The zero-order valence-corrected chi connectivity index (χ0v) is 9.05. The molecule has 0 saturated carbocycles. The van der Waals surface area contributed by atoms with Gasteiger partial charge in [0.2, 0.25) is 11.8 Å². The van der Waals surface area contributed by atoms with Crippen LogP contribution >= 0.6 is 11.3 Å². The quantitative estimate of drug-likeness (QED) is 0.749. The van der Waals surface area contributed by atoms with Crippen molar-refractivity contribution in [1.82, 2.24) is 10.2 Å². The van der Waals surface area contributed by atoms with E-state index in [0.29, 0.717) is 13.1 Å². The van der Waals surface area contributed by atoms with E-state index < -0.39 is 0 Å². The van der Waals surface area contributed by atoms with Crippen LogP contribution in [0, 0.1) is 0 Å². The molecule has 1 aliphatic heterocycles. The number of carbonyl (C=O) groups excluding carboxylic acids is 2. The van der Waals surface area contributed by atoms with Gasteiger partial charge in [0, 0.05) is 6.54 Å². The van der Waals surface area contributed by atoms with Crippen LogP contribution in [0.2, 0.25) is 0 Å². The van der Waals surface area contributed by atoms with Crippen LogP contribution in [-0.2, 0) is 16.0 Å². The Morgan fingerprint density at radius 1 is 1.33 bits per heavy atom. The first-order valence-electron chi connectivity index (χ1n) is 4.80. The molecular formula is C10H12N2O2S. The molecule has 5 heteroatoms. The molecule has 1 aromatic heterocycles. The number of rotatable bonds is 3. The zero-order chi connectivity index (χ0) is 10.7. The van der Waals surface area contributed by atoms with Crippen molar-refractivity contribution in [3.05, 3.63) is 22.4 Å². The first-order valence-corrected chi connectivity index (χ1v) is 5.74. The molecule has 0 bridgehead atoms. The Bertz CT molecular complexity index is 346. The summed E-state index contributed by atoms with van der Waals surface area (Å²) < 4.78 is 0. The number of thiophene rings is 1. The molecule has 1 fully saturated rings. The standard InChI is InChI=1S/C10H12N2O2S/c13-9-5-12(6-10(14)11-9)3-1-8-2-4-15-7-8/h2,4,7H,1,3,5-6H2,(H,11,13,14). The number of amides is 2. The van der Waals surface area contributed by atoms with Gasteiger partial charge in [0.25, 0.3) is 0 Å². The van der Waals surface area contributed by atoms with Crippen molar-refractivity contribution < 1.29 is 9.59 Å². The lowest BCUT2D eigenvalue weighted by atomic mass is 10.2. The number of hydrogen-bond donors (Lipinski definition) is 1. The highest BCUT2D eigenvalue weighted by atomic mass is 32.1. The Hall–Kier alpha value is -1.20. The fraction of sp³-hybridized carbons (Fsp3) is 0.400. The van der Waals surface area contributed by atoms with Gasteiger partial charge in [0.15, 0.2) is 0 Å². The highest BCUT2D eigenvalue weighted by Gasteiger charge is 2.21. The van der Waals surface area contributed by atoms with Crippen molar-refractivity contribution in [2.45, 2.75) is 6.42 Å². The topological polar surface area (TPSA) is 49.4 Å². The number of carbonyl (C=O) groups is 2. The molecule has 4 nitrogen and oxygen atoms in total. The minimum atomic E-state index is -0.198. The second-order valence-electron chi connectivity index (χ2n) is 3.56. The predicted molar refractivity (Wildman–Crippen MR) is 57.6 cm³/mol. The van der Waals surface area contributed by atoms with E-state index in [2.05, 4.69) is 16.8 Å². The summed E-state index contributed by atoms with van der Waals surface area (Å²) >= 11 is 1.66. The molecule has 1 saturated heterocycles. The Labute approximate surface area is 91.9 Å². The van der Waals surface area contributed by atoms with Gasteiger partial charge in [0.1, 0.15) is 0 Å². The second-order valence-corrected chi connectivity index (χ2v) is 4.34. The molecule has 0 spiro atoms. The summed E-state index contributed by atoms with van der Waals surface area (Å²) in [7, 11) is 0. The summed E-state index contributed by atoms with van der Waals surface area (Å²) in [5, 5.41) is 6.41. The van der Waals surface area contributed by atoms with Gasteiger partial charge in [-0.2, -0.15) is 11.3 Å². The van der Waals surface area contributed by atoms with Crippen molar-refractivity contribution in [2.75, 3.05) is 19.6 Å². The van der Waals surface area contributed by atoms with Crippen LogP contribution < -0.4 is 5.32 Å². The maximum absolute atomic E-state index is 11.1. The van der Waals surface area contributed by atoms with Crippen molar-refractivity contribution in [2.24, 2.45) is 0 Å². The lowest BCUT2D eigenvalue weighted by Crippen LogP contribution is -2.51. The maximum Gasteiger partial charge on any atom is 0.240 e. The van der Waals surface area contributed by atoms with E-state index in [1.54, 1.807) is 11.3 Å². The van der Waals surface area contributed by atoms with Crippen molar-refractivity contribution in [1.29, 1.82) is 0 Å². The monoisotopic (exact) mass is 224 g/mol. The second kappa shape index (κ2) is 4.55. The first kappa shape index (κ1) is 10.3. The summed E-state index contributed by atoms with van der Waals surface area (Å²) in [4.78, 5) is 24.0. The van der Waals surface area contributed by atoms with Crippen LogP contribution in [0.3, 0.4) is 0 Å². The number of nitrogens with one attached hydrogen (secondary N) is 1. The van der Waals surface area contributed by atoms with E-state index in [4.69, 9.17) is 0 Å². The van der Waals surface area contributed by atoms with Gasteiger partial charge in [-0.25, -0.2) is 0 Å². The van der Waals surface area contributed by atoms with Crippen LogP contribution in [0.4, 0.5) is 0 Å². The molecule has 0 atom stereocenters. The van der Waals surface area contributed by atoms with Crippen molar-refractivity contribution in [3.8, 4) is 0 Å². The fourth-order valence-electron chi connectivity index (χ4n) is 1.58. The molecule has 1 aromatic rings. The Morgan fingerprint density at radius 2 is 2.07 bits per heavy atom. The largest absolute Gasteiger partial charge is 0.294 e. The zero-order valence-electron chi connectivity index (χ0n) is 8.23. The molecule has 2 rings (SSSR count). The molecule has 1 aliphatic rings. The Balaban J connectivity index is 1.84. The number of hydrogen-bond acceptors (Lipinski definition) is 4. The lowest BCUT2D eigenvalue weighted by Gasteiger charge is -2.24. The van der Waals surface area contributed by atoms with Gasteiger partial charge in [-0.05, 0) is 28.8 Å². The van der Waals surface area contributed by atoms with Gasteiger partial charge < -0.3 is 0 Å². The van der Waals surface area contributed by atoms with Crippen molar-refractivity contribution in [3.63, 3.8) is 0 Å². The average Bonchev–Trinajstić information content (AvgIpc) is 2.65. The highest BCUT2D eigenvalue weighted by molar-refractivity contribution is 7.07. The molecule has 0 radical (unpaired) electrons. The summed E-state index contributed by atoms with van der Waals surface area (Å²) in [6.07, 6.45) is 0.893. The lowest BCUT2D eigenvalue weighted by molar-refractivity contribution is -0.135. The van der Waals surface area contributed by atoms with Crippen LogP contribution in [0.5, 0.6) is 0 Å². The molecule has 0 aromatic carbocycles. The SMILES string of the molecule is O=C1CN(CCc2ccsc2)CC(=O)N1. The molecule has 1 N–H and O–H groups in total. The van der Waals surface area contributed by atoms with E-state index in [9.17, 15) is 9.59 Å². The minimum absolute atomic E-state index is 0.198. The summed E-state index contributed by atoms with van der Waals surface area (Å²) in [6, 6.07) is 2.07. The molecule has 0 unspecified atom stereocenters. The van der Waals surface area contributed by atoms with E-state index in [1.165, 1.54) is 5.56 Å². The third-order valence-corrected chi connectivity index (χ3v) is 3.04. The molecule has 2 amide bonds. The van der Waals surface area contributed by atoms with Crippen LogP contribution in [-0.4, -0.2) is 36.3 Å². The Morgan fingerprint density at radius 3 is 2.67 bits per heavy atom. The van der Waals surface area contributed by atoms with Gasteiger partial charge in [-0.15, -0.1) is 0 Å². The van der Waals surface area contributed by atoms with Crippen LogP contribution in [0.25, 0.3) is 0 Å². The van der Waals surface area contributed by atoms with Gasteiger partial charge >= 0.3 is 0 Å². The fourth-order valence-corrected chi connectivity index (χ4v) is 2.28. The van der Waals surface area contributed by atoms with Crippen molar-refractivity contribution >= 4 is 23.2 Å². The van der Waals surface area contributed by atoms with Gasteiger partial charge in [-0.1, -0.05) is 0 Å². The number of imide groups is 1.